The maximum atomic E-state index is 12.9. The largest absolute Gasteiger partial charge is 0.340 e. The first kappa shape index (κ1) is 17.1. The molecule has 4 rings (SSSR count). The van der Waals surface area contributed by atoms with Crippen LogP contribution in [0.25, 0.3) is 0 Å². The molecule has 1 atom stereocenters. The number of fused-ring (bicyclic) bond motifs is 2. The number of amides is 3. The summed E-state index contributed by atoms with van der Waals surface area (Å²) in [4.78, 5) is 41.3. The predicted octanol–water partition coefficient (Wildman–Crippen LogP) is 1.90. The van der Waals surface area contributed by atoms with Crippen molar-refractivity contribution in [1.82, 2.24) is 9.80 Å². The third-order valence-corrected chi connectivity index (χ3v) is 5.97. The fraction of sp³-hybridized carbons (Fsp3) is 0.550. The van der Waals surface area contributed by atoms with E-state index >= 15 is 0 Å². The molecule has 3 aliphatic heterocycles. The molecule has 1 aromatic carbocycles. The number of rotatable bonds is 2. The van der Waals surface area contributed by atoms with Gasteiger partial charge in [0.25, 0.3) is 0 Å². The van der Waals surface area contributed by atoms with Crippen LogP contribution in [0.2, 0.25) is 0 Å². The highest BCUT2D eigenvalue weighted by Crippen LogP contribution is 2.43. The fourth-order valence-corrected chi connectivity index (χ4v) is 4.52. The van der Waals surface area contributed by atoms with Gasteiger partial charge in [0.2, 0.25) is 17.7 Å². The Kier molecular flexibility index (Phi) is 4.42. The van der Waals surface area contributed by atoms with Crippen LogP contribution in [0.4, 0.5) is 5.69 Å². The fourth-order valence-electron chi connectivity index (χ4n) is 4.52. The first-order chi connectivity index (χ1) is 12.6. The molecule has 1 N–H and O–H groups in total. The molecule has 3 amide bonds. The molecule has 138 valence electrons. The Balaban J connectivity index is 1.51. The first-order valence-corrected chi connectivity index (χ1v) is 9.57. The number of hydrogen-bond donors (Lipinski definition) is 1. The van der Waals surface area contributed by atoms with Gasteiger partial charge >= 0.3 is 0 Å². The van der Waals surface area contributed by atoms with Crippen molar-refractivity contribution in [3.05, 3.63) is 29.8 Å². The van der Waals surface area contributed by atoms with Crippen LogP contribution in [0, 0.1) is 0 Å². The Morgan fingerprint density at radius 2 is 1.92 bits per heavy atom. The molecular weight excluding hydrogens is 330 g/mol. The normalized spacial score (nSPS) is 25.8. The zero-order valence-corrected chi connectivity index (χ0v) is 15.0. The highest BCUT2D eigenvalue weighted by Gasteiger charge is 2.49. The molecule has 6 heteroatoms. The number of hydrogen-bond acceptors (Lipinski definition) is 3. The molecule has 1 unspecified atom stereocenters. The summed E-state index contributed by atoms with van der Waals surface area (Å²) in [5, 5.41) is 2.97. The minimum atomic E-state index is -0.646. The lowest BCUT2D eigenvalue weighted by Crippen LogP contribution is -2.54. The monoisotopic (exact) mass is 355 g/mol. The summed E-state index contributed by atoms with van der Waals surface area (Å²) in [5.41, 5.74) is 1.20. The van der Waals surface area contributed by atoms with Gasteiger partial charge in [-0.2, -0.15) is 0 Å². The van der Waals surface area contributed by atoms with Crippen molar-refractivity contribution in [3.63, 3.8) is 0 Å². The predicted molar refractivity (Wildman–Crippen MR) is 97.6 cm³/mol. The number of para-hydroxylation sites is 1. The molecule has 6 nitrogen and oxygen atoms in total. The quantitative estimate of drug-likeness (QED) is 0.881. The molecule has 0 radical (unpaired) electrons. The van der Waals surface area contributed by atoms with Crippen molar-refractivity contribution < 1.29 is 14.4 Å². The number of carbonyl (C=O) groups is 3. The van der Waals surface area contributed by atoms with Gasteiger partial charge in [0, 0.05) is 31.7 Å². The van der Waals surface area contributed by atoms with E-state index in [0.29, 0.717) is 26.1 Å². The standard InChI is InChI=1S/C20H25N3O3/c24-17-9-2-1-5-11-22(17)13-18(25)23-12-6-10-20(14-23)15-7-3-4-8-16(15)21-19(20)26/h3-4,7-8H,1-2,5-6,9-14H2,(H,21,26). The molecule has 1 spiro atoms. The molecule has 26 heavy (non-hydrogen) atoms. The SMILES string of the molecule is O=C1CCCCCN1CC(=O)N1CCCC2(C1)C(=O)Nc1ccccc12. The van der Waals surface area contributed by atoms with Crippen molar-refractivity contribution >= 4 is 23.4 Å². The molecule has 2 saturated heterocycles. The van der Waals surface area contributed by atoms with Crippen LogP contribution in [-0.2, 0) is 19.8 Å². The summed E-state index contributed by atoms with van der Waals surface area (Å²) in [6.45, 7) is 1.85. The molecule has 0 aromatic heterocycles. The van der Waals surface area contributed by atoms with E-state index in [9.17, 15) is 14.4 Å². The molecule has 3 heterocycles. The number of nitrogens with zero attached hydrogens (tertiary/aromatic N) is 2. The second kappa shape index (κ2) is 6.74. The van der Waals surface area contributed by atoms with Crippen molar-refractivity contribution in [2.24, 2.45) is 0 Å². The third-order valence-electron chi connectivity index (χ3n) is 5.97. The number of benzene rings is 1. The van der Waals surface area contributed by atoms with Gasteiger partial charge in [0.15, 0.2) is 0 Å². The van der Waals surface area contributed by atoms with E-state index in [-0.39, 0.29) is 24.3 Å². The van der Waals surface area contributed by atoms with Gasteiger partial charge in [-0.15, -0.1) is 0 Å². The van der Waals surface area contributed by atoms with Gasteiger partial charge in [-0.05, 0) is 37.3 Å². The maximum Gasteiger partial charge on any atom is 0.242 e. The van der Waals surface area contributed by atoms with E-state index in [1.54, 1.807) is 9.80 Å². The Bertz CT molecular complexity index is 748. The summed E-state index contributed by atoms with van der Waals surface area (Å²) >= 11 is 0. The van der Waals surface area contributed by atoms with Gasteiger partial charge in [0.05, 0.1) is 12.0 Å². The van der Waals surface area contributed by atoms with Gasteiger partial charge in [-0.3, -0.25) is 14.4 Å². The Morgan fingerprint density at radius 1 is 1.08 bits per heavy atom. The Morgan fingerprint density at radius 3 is 2.81 bits per heavy atom. The zero-order chi connectivity index (χ0) is 18.1. The second-order valence-corrected chi connectivity index (χ2v) is 7.63. The van der Waals surface area contributed by atoms with Crippen LogP contribution in [-0.4, -0.2) is 53.7 Å². The van der Waals surface area contributed by atoms with Crippen LogP contribution in [0.15, 0.2) is 24.3 Å². The van der Waals surface area contributed by atoms with Crippen molar-refractivity contribution in [3.8, 4) is 0 Å². The minimum Gasteiger partial charge on any atom is -0.340 e. The number of nitrogens with one attached hydrogen (secondary N) is 1. The van der Waals surface area contributed by atoms with Crippen LogP contribution >= 0.6 is 0 Å². The molecule has 2 fully saturated rings. The van der Waals surface area contributed by atoms with E-state index in [4.69, 9.17) is 0 Å². The Hall–Kier alpha value is -2.37. The van der Waals surface area contributed by atoms with Crippen LogP contribution in [0.1, 0.15) is 44.1 Å². The summed E-state index contributed by atoms with van der Waals surface area (Å²) in [7, 11) is 0. The maximum absolute atomic E-state index is 12.9. The Labute approximate surface area is 153 Å². The summed E-state index contributed by atoms with van der Waals surface area (Å²) in [6, 6.07) is 7.75. The lowest BCUT2D eigenvalue weighted by Gasteiger charge is -2.39. The topological polar surface area (TPSA) is 69.7 Å². The second-order valence-electron chi connectivity index (χ2n) is 7.63. The molecule has 0 bridgehead atoms. The smallest absolute Gasteiger partial charge is 0.242 e. The summed E-state index contributed by atoms with van der Waals surface area (Å²) in [6.07, 6.45) is 4.99. The highest BCUT2D eigenvalue weighted by atomic mass is 16.2. The van der Waals surface area contributed by atoms with Crippen LogP contribution in [0.5, 0.6) is 0 Å². The summed E-state index contributed by atoms with van der Waals surface area (Å²) in [5.74, 6) is 0.0186. The first-order valence-electron chi connectivity index (χ1n) is 9.57. The average Bonchev–Trinajstić information content (AvgIpc) is 2.78. The van der Waals surface area contributed by atoms with Crippen molar-refractivity contribution in [2.45, 2.75) is 43.9 Å². The average molecular weight is 355 g/mol. The van der Waals surface area contributed by atoms with Crippen LogP contribution < -0.4 is 5.32 Å². The molecule has 0 aliphatic carbocycles. The van der Waals surface area contributed by atoms with Gasteiger partial charge < -0.3 is 15.1 Å². The number of piperidine rings is 1. The zero-order valence-electron chi connectivity index (χ0n) is 15.0. The minimum absolute atomic E-state index is 0.0120. The highest BCUT2D eigenvalue weighted by molar-refractivity contribution is 6.06. The number of likely N-dealkylation sites (tertiary alicyclic amines) is 2. The number of carbonyl (C=O) groups excluding carboxylic acids is 3. The van der Waals surface area contributed by atoms with E-state index in [0.717, 1.165) is 43.4 Å². The van der Waals surface area contributed by atoms with Crippen LogP contribution in [0.3, 0.4) is 0 Å². The van der Waals surface area contributed by atoms with Gasteiger partial charge in [0.1, 0.15) is 0 Å². The van der Waals surface area contributed by atoms with E-state index in [1.807, 2.05) is 24.3 Å². The van der Waals surface area contributed by atoms with E-state index in [1.165, 1.54) is 0 Å². The van der Waals surface area contributed by atoms with E-state index in [2.05, 4.69) is 5.32 Å². The molecular formula is C20H25N3O3. The molecule has 1 aromatic rings. The van der Waals surface area contributed by atoms with Gasteiger partial charge in [-0.1, -0.05) is 24.6 Å². The molecule has 0 saturated carbocycles. The third kappa shape index (κ3) is 2.87. The van der Waals surface area contributed by atoms with Crippen molar-refractivity contribution in [1.29, 1.82) is 0 Å². The number of anilines is 1. The lowest BCUT2D eigenvalue weighted by molar-refractivity contribution is -0.142. The summed E-state index contributed by atoms with van der Waals surface area (Å²) < 4.78 is 0. The van der Waals surface area contributed by atoms with E-state index < -0.39 is 5.41 Å². The lowest BCUT2D eigenvalue weighted by atomic mass is 9.75. The van der Waals surface area contributed by atoms with Gasteiger partial charge in [-0.25, -0.2) is 0 Å². The molecule has 3 aliphatic rings. The van der Waals surface area contributed by atoms with Crippen molar-refractivity contribution in [2.75, 3.05) is 31.5 Å².